The van der Waals surface area contributed by atoms with Crippen molar-refractivity contribution in [1.82, 2.24) is 24.8 Å². The summed E-state index contributed by atoms with van der Waals surface area (Å²) in [5, 5.41) is 6.03. The molecule has 0 saturated heterocycles. The average Bonchev–Trinajstić information content (AvgIpc) is 3.05. The van der Waals surface area contributed by atoms with E-state index >= 15 is 0 Å². The number of anilines is 1. The van der Waals surface area contributed by atoms with Gasteiger partial charge in [0.15, 0.2) is 5.65 Å². The number of aryl methyl sites for hydroxylation is 1. The van der Waals surface area contributed by atoms with Gasteiger partial charge in [0.05, 0.1) is 6.20 Å². The van der Waals surface area contributed by atoms with Gasteiger partial charge < -0.3 is 10.2 Å². The third-order valence-electron chi connectivity index (χ3n) is 5.01. The molecule has 0 radical (unpaired) electrons. The third kappa shape index (κ3) is 4.89. The Hall–Kier alpha value is -2.69. The number of carbonyl (C=O) groups excluding carboxylic acids is 2. The maximum absolute atomic E-state index is 13.1. The van der Waals surface area contributed by atoms with Crippen LogP contribution in [0.5, 0.6) is 0 Å². The van der Waals surface area contributed by atoms with E-state index in [1.165, 1.54) is 15.6 Å². The number of nitrogens with one attached hydrogen (secondary N) is 1. The molecular formula is C19H27F3N6O2. The first kappa shape index (κ1) is 23.6. The Balaban J connectivity index is 2.38. The van der Waals surface area contributed by atoms with Crippen molar-refractivity contribution < 1.29 is 22.8 Å². The van der Waals surface area contributed by atoms with Crippen LogP contribution in [0, 0.1) is 6.92 Å². The largest absolute Gasteiger partial charge is 0.410 e. The summed E-state index contributed by atoms with van der Waals surface area (Å²) in [4.78, 5) is 32.0. The summed E-state index contributed by atoms with van der Waals surface area (Å²) >= 11 is 0. The van der Waals surface area contributed by atoms with Crippen molar-refractivity contribution in [2.75, 3.05) is 25.0 Å². The molecule has 2 amide bonds. The van der Waals surface area contributed by atoms with Crippen LogP contribution in [0.25, 0.3) is 5.65 Å². The number of hydrogen-bond acceptors (Lipinski definition) is 5. The van der Waals surface area contributed by atoms with Crippen LogP contribution in [0.4, 0.5) is 19.0 Å². The van der Waals surface area contributed by atoms with Gasteiger partial charge in [-0.25, -0.2) is 9.50 Å². The lowest BCUT2D eigenvalue weighted by molar-refractivity contribution is -0.182. The van der Waals surface area contributed by atoms with Crippen LogP contribution in [0.15, 0.2) is 12.3 Å². The smallest absolute Gasteiger partial charge is 0.338 e. The second kappa shape index (κ2) is 8.58. The molecule has 0 spiro atoms. The number of alkyl halides is 3. The number of amides is 2. The molecule has 0 atom stereocenters. The van der Waals surface area contributed by atoms with Gasteiger partial charge in [-0.15, -0.1) is 0 Å². The molecule has 0 aliphatic heterocycles. The molecule has 0 aromatic carbocycles. The molecule has 30 heavy (non-hydrogen) atoms. The zero-order valence-electron chi connectivity index (χ0n) is 17.9. The van der Waals surface area contributed by atoms with Gasteiger partial charge in [-0.05, 0) is 41.7 Å². The molecule has 2 rings (SSSR count). The van der Waals surface area contributed by atoms with Crippen LogP contribution >= 0.6 is 0 Å². The lowest BCUT2D eigenvalue weighted by atomic mass is 10.0. The monoisotopic (exact) mass is 428 g/mol. The van der Waals surface area contributed by atoms with Crippen LogP contribution in [0.2, 0.25) is 0 Å². The molecule has 0 bridgehead atoms. The van der Waals surface area contributed by atoms with Crippen LogP contribution in [-0.4, -0.2) is 69.7 Å². The highest BCUT2D eigenvalue weighted by Gasteiger charge is 2.48. The van der Waals surface area contributed by atoms with Crippen LogP contribution < -0.4 is 10.2 Å². The summed E-state index contributed by atoms with van der Waals surface area (Å²) in [5.41, 5.74) is -1.89. The van der Waals surface area contributed by atoms with Gasteiger partial charge in [0.2, 0.25) is 6.41 Å². The van der Waals surface area contributed by atoms with Crippen molar-refractivity contribution in [3.05, 3.63) is 23.5 Å². The number of aromatic nitrogens is 3. The van der Waals surface area contributed by atoms with Gasteiger partial charge >= 0.3 is 6.18 Å². The first-order valence-corrected chi connectivity index (χ1v) is 9.45. The van der Waals surface area contributed by atoms with E-state index in [4.69, 9.17) is 0 Å². The molecule has 11 heteroatoms. The number of fused-ring (bicyclic) bond motifs is 1. The molecule has 2 heterocycles. The second-order valence-corrected chi connectivity index (χ2v) is 8.00. The Morgan fingerprint density at radius 1 is 1.30 bits per heavy atom. The predicted octanol–water partition coefficient (Wildman–Crippen LogP) is 2.41. The lowest BCUT2D eigenvalue weighted by Gasteiger charge is -2.28. The topological polar surface area (TPSA) is 82.8 Å². The minimum Gasteiger partial charge on any atom is -0.338 e. The van der Waals surface area contributed by atoms with Gasteiger partial charge in [-0.2, -0.15) is 18.3 Å². The normalized spacial score (nSPS) is 12.6. The molecule has 1 N–H and O–H groups in total. The van der Waals surface area contributed by atoms with Gasteiger partial charge in [-0.1, -0.05) is 0 Å². The van der Waals surface area contributed by atoms with E-state index in [9.17, 15) is 22.8 Å². The fourth-order valence-corrected chi connectivity index (χ4v) is 2.57. The average molecular weight is 428 g/mol. The highest BCUT2D eigenvalue weighted by Crippen LogP contribution is 2.30. The summed E-state index contributed by atoms with van der Waals surface area (Å²) < 4.78 is 40.8. The Morgan fingerprint density at radius 3 is 2.47 bits per heavy atom. The molecule has 2 aromatic heterocycles. The van der Waals surface area contributed by atoms with E-state index in [-0.39, 0.29) is 23.1 Å². The van der Waals surface area contributed by atoms with Crippen molar-refractivity contribution in [2.24, 2.45) is 0 Å². The van der Waals surface area contributed by atoms with Crippen molar-refractivity contribution in [3.8, 4) is 0 Å². The number of halogens is 3. The number of likely N-dealkylation sites (N-methyl/N-ethyl adjacent to an activating group) is 1. The third-order valence-corrected chi connectivity index (χ3v) is 5.01. The fraction of sp³-hybridized carbons (Fsp3) is 0.579. The molecule has 2 aromatic rings. The summed E-state index contributed by atoms with van der Waals surface area (Å²) in [6, 6.07) is 1.92. The first-order valence-electron chi connectivity index (χ1n) is 9.45. The van der Waals surface area contributed by atoms with E-state index < -0.39 is 17.6 Å². The van der Waals surface area contributed by atoms with Crippen molar-refractivity contribution in [1.29, 1.82) is 0 Å². The second-order valence-electron chi connectivity index (χ2n) is 8.00. The number of carbonyl (C=O) groups is 2. The maximum atomic E-state index is 13.1. The summed E-state index contributed by atoms with van der Waals surface area (Å²) in [6.07, 6.45) is -2.83. The summed E-state index contributed by atoms with van der Waals surface area (Å²) in [6.45, 7) is 8.46. The van der Waals surface area contributed by atoms with Gasteiger partial charge in [0, 0.05) is 30.9 Å². The van der Waals surface area contributed by atoms with Gasteiger partial charge in [-0.3, -0.25) is 14.5 Å². The fourth-order valence-electron chi connectivity index (χ4n) is 2.57. The van der Waals surface area contributed by atoms with Gasteiger partial charge in [0.25, 0.3) is 5.91 Å². The van der Waals surface area contributed by atoms with Crippen molar-refractivity contribution in [2.45, 2.75) is 52.4 Å². The predicted molar refractivity (Wildman–Crippen MR) is 107 cm³/mol. The maximum Gasteiger partial charge on any atom is 0.410 e. The van der Waals surface area contributed by atoms with E-state index in [1.54, 1.807) is 13.0 Å². The van der Waals surface area contributed by atoms with Crippen LogP contribution in [0.3, 0.4) is 0 Å². The Kier molecular flexibility index (Phi) is 6.75. The number of nitrogens with zero attached hydrogens (tertiary/aromatic N) is 5. The Bertz CT molecular complexity index is 923. The zero-order valence-corrected chi connectivity index (χ0v) is 17.9. The van der Waals surface area contributed by atoms with Crippen LogP contribution in [0.1, 0.15) is 43.7 Å². The summed E-state index contributed by atoms with van der Waals surface area (Å²) in [5.74, 6) is -0.662. The standard InChI is InChI=1S/C19H27F3N6O2/c1-12(2)26(6)7-8-27(11-29)15-9-13(3)28-16(24-15)14(10-23-28)17(30)25-18(4,5)19(20,21)22/h9-12H,7-8H2,1-6H3,(H,25,30). The van der Waals surface area contributed by atoms with E-state index in [2.05, 4.69) is 15.0 Å². The highest BCUT2D eigenvalue weighted by atomic mass is 19.4. The molecule has 8 nitrogen and oxygen atoms in total. The molecule has 0 aliphatic carbocycles. The Morgan fingerprint density at radius 2 is 1.93 bits per heavy atom. The lowest BCUT2D eigenvalue weighted by Crippen LogP contribution is -2.54. The minimum atomic E-state index is -4.63. The number of hydrogen-bond donors (Lipinski definition) is 1. The minimum absolute atomic E-state index is 0.0736. The summed E-state index contributed by atoms with van der Waals surface area (Å²) in [7, 11) is 1.93. The zero-order chi connectivity index (χ0) is 22.9. The number of rotatable bonds is 8. The van der Waals surface area contributed by atoms with E-state index in [0.29, 0.717) is 25.2 Å². The van der Waals surface area contributed by atoms with Gasteiger partial charge in [0.1, 0.15) is 16.9 Å². The molecule has 0 unspecified atom stereocenters. The highest BCUT2D eigenvalue weighted by molar-refractivity contribution is 6.00. The van der Waals surface area contributed by atoms with E-state index in [0.717, 1.165) is 13.8 Å². The molecule has 0 saturated carbocycles. The molecule has 166 valence electrons. The molecular weight excluding hydrogens is 401 g/mol. The van der Waals surface area contributed by atoms with Crippen LogP contribution in [-0.2, 0) is 4.79 Å². The Labute approximate surface area is 173 Å². The molecule has 0 aliphatic rings. The van der Waals surface area contributed by atoms with Crippen molar-refractivity contribution in [3.63, 3.8) is 0 Å². The first-order chi connectivity index (χ1) is 13.8. The van der Waals surface area contributed by atoms with Crippen molar-refractivity contribution >= 4 is 23.8 Å². The van der Waals surface area contributed by atoms with E-state index in [1.807, 2.05) is 26.2 Å². The SMILES string of the molecule is Cc1cc(N(C=O)CCN(C)C(C)C)nc2c(C(=O)NC(C)(C)C(F)(F)F)cnn12. The quantitative estimate of drug-likeness (QED) is 0.653. The molecule has 0 fully saturated rings.